The van der Waals surface area contributed by atoms with E-state index in [1.165, 1.54) is 10.9 Å². The van der Waals surface area contributed by atoms with Gasteiger partial charge < -0.3 is 9.47 Å². The molecule has 4 rings (SSSR count). The minimum Gasteiger partial charge on any atom is -0.494 e. The molecule has 3 aromatic rings. The summed E-state index contributed by atoms with van der Waals surface area (Å²) in [5, 5.41) is 2.33. The van der Waals surface area contributed by atoms with Crippen LogP contribution in [0.1, 0.15) is 73.9 Å². The van der Waals surface area contributed by atoms with E-state index in [0.717, 1.165) is 42.4 Å². The summed E-state index contributed by atoms with van der Waals surface area (Å²) in [6.45, 7) is 7.43. The molecule has 0 saturated carbocycles. The quantitative estimate of drug-likeness (QED) is 0.134. The predicted molar refractivity (Wildman–Crippen MR) is 141 cm³/mol. The minimum absolute atomic E-state index is 0.100. The van der Waals surface area contributed by atoms with Crippen LogP contribution in [0.15, 0.2) is 60.7 Å². The van der Waals surface area contributed by atoms with Crippen molar-refractivity contribution in [3.05, 3.63) is 77.4 Å². The fourth-order valence-corrected chi connectivity index (χ4v) is 4.76. The number of benzene rings is 3. The molecule has 0 heterocycles. The number of ether oxygens (including phenoxy) is 2. The maximum absolute atomic E-state index is 12.9. The van der Waals surface area contributed by atoms with Crippen molar-refractivity contribution < 1.29 is 14.3 Å². The number of esters is 1. The molecule has 3 nitrogen and oxygen atoms in total. The van der Waals surface area contributed by atoms with Crippen LogP contribution in [0.4, 0.5) is 0 Å². The molecule has 0 amide bonds. The van der Waals surface area contributed by atoms with Crippen molar-refractivity contribution in [1.29, 1.82) is 0 Å². The van der Waals surface area contributed by atoms with Crippen molar-refractivity contribution in [2.75, 3.05) is 12.5 Å². The highest BCUT2D eigenvalue weighted by Crippen LogP contribution is 2.45. The highest BCUT2D eigenvalue weighted by atomic mass is 35.5. The molecular formula is C30H33ClO3. The SMILES string of the molecule is CC(C)(C)C1C=Cc2c(OC(=O)c3ccc(OCCCCCCCl)cc3)ccc3cccc1c23. The average Bonchev–Trinajstić information content (AvgIpc) is 2.82. The first-order valence-electron chi connectivity index (χ1n) is 12.1. The first kappa shape index (κ1) is 24.3. The highest BCUT2D eigenvalue weighted by molar-refractivity contribution is 6.17. The number of allylic oxidation sites excluding steroid dienone is 1. The number of hydrogen-bond donors (Lipinski definition) is 0. The van der Waals surface area contributed by atoms with Crippen molar-refractivity contribution in [2.24, 2.45) is 5.41 Å². The van der Waals surface area contributed by atoms with E-state index in [0.29, 0.717) is 29.7 Å². The van der Waals surface area contributed by atoms with E-state index in [-0.39, 0.29) is 11.4 Å². The Balaban J connectivity index is 1.47. The number of alkyl halides is 1. The number of carbonyl (C=O) groups is 1. The van der Waals surface area contributed by atoms with Gasteiger partial charge in [-0.3, -0.25) is 0 Å². The summed E-state index contributed by atoms with van der Waals surface area (Å²) in [6, 6.07) is 17.5. The van der Waals surface area contributed by atoms with E-state index >= 15 is 0 Å². The summed E-state index contributed by atoms with van der Waals surface area (Å²) in [7, 11) is 0. The van der Waals surface area contributed by atoms with Gasteiger partial charge in [0.1, 0.15) is 11.5 Å². The zero-order chi connectivity index (χ0) is 24.1. The third kappa shape index (κ3) is 5.47. The van der Waals surface area contributed by atoms with Crippen molar-refractivity contribution in [2.45, 2.75) is 52.4 Å². The molecule has 0 N–H and O–H groups in total. The molecule has 4 heteroatoms. The largest absolute Gasteiger partial charge is 0.494 e. The first-order chi connectivity index (χ1) is 16.4. The monoisotopic (exact) mass is 476 g/mol. The normalized spacial score (nSPS) is 14.9. The molecule has 1 atom stereocenters. The van der Waals surface area contributed by atoms with Gasteiger partial charge in [-0.15, -0.1) is 11.6 Å². The van der Waals surface area contributed by atoms with E-state index in [1.54, 1.807) is 12.1 Å². The molecule has 1 unspecified atom stereocenters. The van der Waals surface area contributed by atoms with Gasteiger partial charge in [0.2, 0.25) is 0 Å². The summed E-state index contributed by atoms with van der Waals surface area (Å²) in [5.74, 6) is 2.00. The van der Waals surface area contributed by atoms with Gasteiger partial charge in [-0.1, -0.05) is 70.0 Å². The van der Waals surface area contributed by atoms with Crippen LogP contribution >= 0.6 is 11.6 Å². The van der Waals surface area contributed by atoms with Crippen molar-refractivity contribution in [1.82, 2.24) is 0 Å². The van der Waals surface area contributed by atoms with Crippen LogP contribution in [-0.2, 0) is 0 Å². The van der Waals surface area contributed by atoms with E-state index in [4.69, 9.17) is 21.1 Å². The van der Waals surface area contributed by atoms with Gasteiger partial charge in [-0.05, 0) is 64.9 Å². The van der Waals surface area contributed by atoms with Crippen LogP contribution in [0.2, 0.25) is 0 Å². The molecule has 3 aromatic carbocycles. The lowest BCUT2D eigenvalue weighted by Gasteiger charge is -2.32. The summed E-state index contributed by atoms with van der Waals surface area (Å²) in [6.07, 6.45) is 8.62. The standard InChI is InChI=1S/C30H33ClO3/c1-30(2,3)26-17-16-25-27(18-13-21-9-8-10-24(26)28(21)25)34-29(32)22-11-14-23(15-12-22)33-20-7-5-4-6-19-31/h8-18,26H,4-7,19-20H2,1-3H3. The van der Waals surface area contributed by atoms with Gasteiger partial charge in [0, 0.05) is 17.4 Å². The van der Waals surface area contributed by atoms with Gasteiger partial charge in [0.15, 0.2) is 0 Å². The Morgan fingerprint density at radius 2 is 1.71 bits per heavy atom. The summed E-state index contributed by atoms with van der Waals surface area (Å²) in [5.41, 5.74) is 2.85. The number of halogens is 1. The molecule has 0 aliphatic heterocycles. The van der Waals surface area contributed by atoms with Crippen molar-refractivity contribution >= 4 is 34.4 Å². The number of hydrogen-bond acceptors (Lipinski definition) is 3. The van der Waals surface area contributed by atoms with E-state index in [9.17, 15) is 4.79 Å². The third-order valence-electron chi connectivity index (χ3n) is 6.39. The second kappa shape index (κ2) is 10.7. The molecule has 0 aromatic heterocycles. The van der Waals surface area contributed by atoms with Crippen LogP contribution in [0, 0.1) is 5.41 Å². The van der Waals surface area contributed by atoms with Gasteiger partial charge >= 0.3 is 5.97 Å². The van der Waals surface area contributed by atoms with Crippen LogP contribution in [0.3, 0.4) is 0 Å². The Hall–Kier alpha value is -2.78. The number of carbonyl (C=O) groups excluding carboxylic acids is 1. The molecule has 0 saturated heterocycles. The fraction of sp³-hybridized carbons (Fsp3) is 0.367. The molecule has 0 fully saturated rings. The van der Waals surface area contributed by atoms with Crippen LogP contribution < -0.4 is 9.47 Å². The first-order valence-corrected chi connectivity index (χ1v) is 12.7. The maximum atomic E-state index is 12.9. The lowest BCUT2D eigenvalue weighted by molar-refractivity contribution is 0.0734. The smallest absolute Gasteiger partial charge is 0.343 e. The Bertz CT molecular complexity index is 1170. The fourth-order valence-electron chi connectivity index (χ4n) is 4.57. The highest BCUT2D eigenvalue weighted by Gasteiger charge is 2.29. The van der Waals surface area contributed by atoms with Crippen LogP contribution in [0.5, 0.6) is 11.5 Å². The Labute approximate surface area is 207 Å². The molecule has 0 spiro atoms. The zero-order valence-electron chi connectivity index (χ0n) is 20.3. The number of unbranched alkanes of at least 4 members (excludes halogenated alkanes) is 3. The van der Waals surface area contributed by atoms with Gasteiger partial charge in [-0.25, -0.2) is 4.79 Å². The Morgan fingerprint density at radius 1 is 0.941 bits per heavy atom. The second-order valence-corrected chi connectivity index (χ2v) is 10.4. The second-order valence-electron chi connectivity index (χ2n) is 9.99. The van der Waals surface area contributed by atoms with Gasteiger partial charge in [0.25, 0.3) is 0 Å². The minimum atomic E-state index is -0.368. The Kier molecular flexibility index (Phi) is 7.63. The lowest BCUT2D eigenvalue weighted by atomic mass is 9.72. The lowest BCUT2D eigenvalue weighted by Crippen LogP contribution is -2.19. The van der Waals surface area contributed by atoms with Crippen molar-refractivity contribution in [3.63, 3.8) is 0 Å². The zero-order valence-corrected chi connectivity index (χ0v) is 21.0. The molecule has 0 bridgehead atoms. The number of rotatable bonds is 9. The molecular weight excluding hydrogens is 444 g/mol. The Morgan fingerprint density at radius 3 is 2.44 bits per heavy atom. The molecule has 1 aliphatic rings. The molecule has 178 valence electrons. The summed E-state index contributed by atoms with van der Waals surface area (Å²) >= 11 is 5.70. The summed E-state index contributed by atoms with van der Waals surface area (Å²) in [4.78, 5) is 12.9. The predicted octanol–water partition coefficient (Wildman–Crippen LogP) is 8.39. The van der Waals surface area contributed by atoms with Gasteiger partial charge in [-0.2, -0.15) is 0 Å². The van der Waals surface area contributed by atoms with E-state index < -0.39 is 0 Å². The third-order valence-corrected chi connectivity index (χ3v) is 6.66. The molecule has 0 radical (unpaired) electrons. The molecule has 1 aliphatic carbocycles. The topological polar surface area (TPSA) is 35.5 Å². The van der Waals surface area contributed by atoms with Crippen LogP contribution in [0.25, 0.3) is 16.8 Å². The van der Waals surface area contributed by atoms with E-state index in [2.05, 4.69) is 51.1 Å². The van der Waals surface area contributed by atoms with Gasteiger partial charge in [0.05, 0.1) is 12.2 Å². The molecule has 34 heavy (non-hydrogen) atoms. The maximum Gasteiger partial charge on any atom is 0.343 e. The average molecular weight is 477 g/mol. The van der Waals surface area contributed by atoms with Crippen molar-refractivity contribution in [3.8, 4) is 11.5 Å². The van der Waals surface area contributed by atoms with Crippen LogP contribution in [-0.4, -0.2) is 18.5 Å². The van der Waals surface area contributed by atoms with E-state index in [1.807, 2.05) is 24.3 Å². The summed E-state index contributed by atoms with van der Waals surface area (Å²) < 4.78 is 11.7.